The molecule has 280 valence electrons. The van der Waals surface area contributed by atoms with Crippen LogP contribution in [0.2, 0.25) is 0 Å². The van der Waals surface area contributed by atoms with E-state index in [1.165, 1.54) is 60.7 Å². The van der Waals surface area contributed by atoms with Crippen molar-refractivity contribution in [2.45, 2.75) is 19.6 Å². The topological polar surface area (TPSA) is 283 Å². The summed E-state index contributed by atoms with van der Waals surface area (Å²) >= 11 is 0. The van der Waals surface area contributed by atoms with Crippen LogP contribution in [0.25, 0.3) is 21.5 Å². The van der Waals surface area contributed by atoms with Gasteiger partial charge >= 0.3 is 6.03 Å². The van der Waals surface area contributed by atoms with E-state index in [1.807, 2.05) is 0 Å². The van der Waals surface area contributed by atoms with Gasteiger partial charge in [0.15, 0.2) is 0 Å². The smallest absolute Gasteiger partial charge is 0.323 e. The van der Waals surface area contributed by atoms with Crippen molar-refractivity contribution in [2.75, 3.05) is 20.1 Å². The van der Waals surface area contributed by atoms with Crippen molar-refractivity contribution < 1.29 is 57.8 Å². The first-order valence-corrected chi connectivity index (χ1v) is 20.9. The van der Waals surface area contributed by atoms with Gasteiger partial charge in [0.1, 0.15) is 21.3 Å². The summed E-state index contributed by atoms with van der Waals surface area (Å²) in [6.45, 7) is 0. The number of carbonyl (C=O) groups excluding carboxylic acids is 1. The molecule has 6 aromatic carbocycles. The first-order chi connectivity index (χ1) is 25.2. The number of sulfonamides is 2. The second-order valence-electron chi connectivity index (χ2n) is 11.5. The molecule has 6 aromatic rings. The zero-order valence-electron chi connectivity index (χ0n) is 27.0. The van der Waals surface area contributed by atoms with E-state index in [1.54, 1.807) is 0 Å². The number of amides is 2. The van der Waals surface area contributed by atoms with Crippen molar-refractivity contribution in [3.63, 3.8) is 0 Å². The highest BCUT2D eigenvalue weighted by atomic mass is 32.2. The van der Waals surface area contributed by atoms with E-state index in [-0.39, 0.29) is 65.6 Å². The van der Waals surface area contributed by atoms with Crippen molar-refractivity contribution in [2.24, 2.45) is 0 Å². The number of nitrogens with one attached hydrogen (secondary N) is 4. The summed E-state index contributed by atoms with van der Waals surface area (Å²) in [6.07, 6.45) is 0. The standard InChI is InChI=1S/C33H26N4O13S4/c38-21-7-9-25-27(17-21)31(53(45,46)47)13-11-29(25)36-51(41,42)23-5-1-3-19(15-23)34-33(40)35-20-4-2-6-24(16-20)52(43,44)37-30-12-14-32(54(48,49)50)28-18-22(39)8-10-26(28)30/h1-18,36-39H,(H2,34,35,40)(H,45,46,47)(H,48,49,50). The monoisotopic (exact) mass is 814 g/mol. The van der Waals surface area contributed by atoms with Gasteiger partial charge in [0.2, 0.25) is 0 Å². The van der Waals surface area contributed by atoms with Crippen LogP contribution in [0.5, 0.6) is 11.5 Å². The molecule has 0 unspecified atom stereocenters. The maximum Gasteiger partial charge on any atom is 0.323 e. The molecule has 0 radical (unpaired) electrons. The number of rotatable bonds is 10. The van der Waals surface area contributed by atoms with Crippen LogP contribution in [0.4, 0.5) is 27.5 Å². The van der Waals surface area contributed by atoms with E-state index in [9.17, 15) is 57.8 Å². The van der Waals surface area contributed by atoms with Crippen LogP contribution in [0.15, 0.2) is 129 Å². The summed E-state index contributed by atoms with van der Waals surface area (Å²) in [7, 11) is -18.2. The Morgan fingerprint density at radius 2 is 0.852 bits per heavy atom. The average molecular weight is 815 g/mol. The van der Waals surface area contributed by atoms with Crippen molar-refractivity contribution in [3.05, 3.63) is 109 Å². The molecule has 21 heteroatoms. The van der Waals surface area contributed by atoms with Gasteiger partial charge in [0.25, 0.3) is 40.3 Å². The Morgan fingerprint density at radius 3 is 1.22 bits per heavy atom. The number of urea groups is 1. The van der Waals surface area contributed by atoms with Crippen LogP contribution in [0.3, 0.4) is 0 Å². The Balaban J connectivity index is 1.19. The average Bonchev–Trinajstić information content (AvgIpc) is 3.07. The van der Waals surface area contributed by atoms with Gasteiger partial charge in [-0.3, -0.25) is 18.5 Å². The van der Waals surface area contributed by atoms with E-state index in [0.29, 0.717) is 0 Å². The molecule has 0 spiro atoms. The number of anilines is 4. The van der Waals surface area contributed by atoms with E-state index in [2.05, 4.69) is 20.1 Å². The molecule has 0 atom stereocenters. The van der Waals surface area contributed by atoms with E-state index < -0.39 is 56.1 Å². The number of hydrogen-bond acceptors (Lipinski definition) is 11. The maximum atomic E-state index is 13.4. The number of benzene rings is 6. The van der Waals surface area contributed by atoms with Gasteiger partial charge in [-0.05, 0) is 97.1 Å². The summed E-state index contributed by atoms with van der Waals surface area (Å²) in [6, 6.07) is 20.3. The molecule has 0 aliphatic heterocycles. The molecule has 0 bridgehead atoms. The fourth-order valence-electron chi connectivity index (χ4n) is 5.43. The van der Waals surface area contributed by atoms with Crippen LogP contribution in [0.1, 0.15) is 0 Å². The predicted octanol–water partition coefficient (Wildman–Crippen LogP) is 5.14. The molecule has 0 aliphatic carbocycles. The minimum atomic E-state index is -4.73. The minimum absolute atomic E-state index is 0.00331. The van der Waals surface area contributed by atoms with E-state index in [0.717, 1.165) is 48.5 Å². The lowest BCUT2D eigenvalue weighted by Gasteiger charge is -2.14. The molecule has 8 N–H and O–H groups in total. The lowest BCUT2D eigenvalue weighted by atomic mass is 10.1. The van der Waals surface area contributed by atoms with Crippen molar-refractivity contribution >= 4 is 90.6 Å². The molecular weight excluding hydrogens is 789 g/mol. The van der Waals surface area contributed by atoms with Gasteiger partial charge < -0.3 is 20.8 Å². The zero-order valence-corrected chi connectivity index (χ0v) is 30.3. The van der Waals surface area contributed by atoms with Gasteiger partial charge in [0.05, 0.1) is 21.2 Å². The van der Waals surface area contributed by atoms with Gasteiger partial charge in [-0.2, -0.15) is 16.8 Å². The van der Waals surface area contributed by atoms with Gasteiger partial charge in [-0.25, -0.2) is 21.6 Å². The fraction of sp³-hybridized carbons (Fsp3) is 0. The molecular formula is C33H26N4O13S4. The Morgan fingerprint density at radius 1 is 0.463 bits per heavy atom. The Labute approximate surface area is 307 Å². The number of carbonyl (C=O) groups is 1. The lowest BCUT2D eigenvalue weighted by Crippen LogP contribution is -2.20. The predicted molar refractivity (Wildman–Crippen MR) is 198 cm³/mol. The normalized spacial score (nSPS) is 12.3. The first kappa shape index (κ1) is 37.8. The molecule has 0 aromatic heterocycles. The maximum absolute atomic E-state index is 13.4. The number of phenols is 2. The van der Waals surface area contributed by atoms with Crippen LogP contribution >= 0.6 is 0 Å². The largest absolute Gasteiger partial charge is 0.508 e. The summed E-state index contributed by atoms with van der Waals surface area (Å²) in [4.78, 5) is 11.2. The van der Waals surface area contributed by atoms with Crippen LogP contribution in [-0.2, 0) is 40.3 Å². The molecule has 0 saturated carbocycles. The molecule has 0 saturated heterocycles. The second-order valence-corrected chi connectivity index (χ2v) is 17.6. The molecule has 0 fully saturated rings. The van der Waals surface area contributed by atoms with Crippen LogP contribution < -0.4 is 20.1 Å². The third kappa shape index (κ3) is 8.00. The second kappa shape index (κ2) is 13.8. The highest BCUT2D eigenvalue weighted by molar-refractivity contribution is 7.93. The van der Waals surface area contributed by atoms with Crippen molar-refractivity contribution in [3.8, 4) is 11.5 Å². The van der Waals surface area contributed by atoms with E-state index in [4.69, 9.17) is 0 Å². The SMILES string of the molecule is O=C(Nc1cccc(S(=O)(=O)Nc2ccc(S(=O)(=O)O)c3cc(O)ccc23)c1)Nc1cccc(S(=O)(=O)Nc2ccc(S(=O)(=O)O)c3cc(O)ccc23)c1. The number of phenolic OH excluding ortho intramolecular Hbond substituents is 2. The third-order valence-corrected chi connectivity index (χ3v) is 12.3. The summed E-state index contributed by atoms with van der Waals surface area (Å²) in [5, 5.41) is 24.4. The van der Waals surface area contributed by atoms with Crippen LogP contribution in [-0.4, -0.2) is 59.0 Å². The molecule has 54 heavy (non-hydrogen) atoms. The highest BCUT2D eigenvalue weighted by Gasteiger charge is 2.23. The third-order valence-electron chi connectivity index (χ3n) is 7.77. The number of aromatic hydroxyl groups is 2. The molecule has 17 nitrogen and oxygen atoms in total. The minimum Gasteiger partial charge on any atom is -0.508 e. The van der Waals surface area contributed by atoms with Crippen LogP contribution in [0, 0.1) is 0 Å². The quantitative estimate of drug-likeness (QED) is 0.0833. The summed E-state index contributed by atoms with van der Waals surface area (Å²) < 4.78 is 125. The highest BCUT2D eigenvalue weighted by Crippen LogP contribution is 2.35. The molecule has 2 amide bonds. The Kier molecular flexibility index (Phi) is 9.64. The molecule has 6 rings (SSSR count). The number of hydrogen-bond donors (Lipinski definition) is 8. The summed E-state index contributed by atoms with van der Waals surface area (Å²) in [5.74, 6) is -0.672. The lowest BCUT2D eigenvalue weighted by molar-refractivity contribution is 0.262. The van der Waals surface area contributed by atoms with Crippen molar-refractivity contribution in [1.29, 1.82) is 0 Å². The number of fused-ring (bicyclic) bond motifs is 2. The van der Waals surface area contributed by atoms with Gasteiger partial charge in [-0.15, -0.1) is 0 Å². The van der Waals surface area contributed by atoms with Gasteiger partial charge in [0, 0.05) is 32.9 Å². The Bertz CT molecular complexity index is 2770. The molecule has 0 aliphatic rings. The van der Waals surface area contributed by atoms with Gasteiger partial charge in [-0.1, -0.05) is 12.1 Å². The zero-order chi connectivity index (χ0) is 39.2. The van der Waals surface area contributed by atoms with Crippen molar-refractivity contribution in [1.82, 2.24) is 0 Å². The first-order valence-electron chi connectivity index (χ1n) is 15.0. The summed E-state index contributed by atoms with van der Waals surface area (Å²) in [5.41, 5.74) is -0.159. The van der Waals surface area contributed by atoms with E-state index >= 15 is 0 Å². The fourth-order valence-corrected chi connectivity index (χ4v) is 9.05. The molecule has 0 heterocycles. The Hall–Kier alpha value is -5.97.